The topological polar surface area (TPSA) is 70.7 Å². The highest BCUT2D eigenvalue weighted by atomic mass is 79.9. The number of hydrogen-bond acceptors (Lipinski definition) is 4. The molecule has 1 aliphatic heterocycles. The maximum atomic E-state index is 13.9. The van der Waals surface area contributed by atoms with Gasteiger partial charge in [-0.05, 0) is 65.3 Å². The third-order valence-corrected chi connectivity index (χ3v) is 6.51. The van der Waals surface area contributed by atoms with E-state index < -0.39 is 11.7 Å². The van der Waals surface area contributed by atoms with E-state index in [1.807, 2.05) is 31.2 Å². The molecule has 0 unspecified atom stereocenters. The van der Waals surface area contributed by atoms with Gasteiger partial charge in [-0.3, -0.25) is 20.4 Å². The number of carbonyl (C=O) groups is 2. The predicted octanol–water partition coefficient (Wildman–Crippen LogP) is 5.63. The number of aryl methyl sites for hydroxylation is 1. The Kier molecular flexibility index (Phi) is 7.38. The predicted molar refractivity (Wildman–Crippen MR) is 133 cm³/mol. The summed E-state index contributed by atoms with van der Waals surface area (Å²) in [6.07, 6.45) is 0.149. The van der Waals surface area contributed by atoms with Crippen LogP contribution in [-0.4, -0.2) is 18.4 Å². The molecule has 0 aromatic heterocycles. The maximum Gasteiger partial charge on any atom is 0.243 e. The second-order valence-electron chi connectivity index (χ2n) is 7.99. The van der Waals surface area contributed by atoms with Crippen molar-refractivity contribution < 1.29 is 18.7 Å². The maximum absolute atomic E-state index is 13.9. The number of halogens is 3. The SMILES string of the molecule is Cc1ccc(N2C[C@@H](C(=O)NNc3ccc(OCc4c(F)cccc4Cl)c(Br)c3)CC2=O)cc1. The van der Waals surface area contributed by atoms with Gasteiger partial charge in [0.2, 0.25) is 11.8 Å². The Hall–Kier alpha value is -3.10. The molecule has 1 saturated heterocycles. The number of nitrogens with one attached hydrogen (secondary N) is 2. The quantitative estimate of drug-likeness (QED) is 0.377. The minimum atomic E-state index is -0.460. The van der Waals surface area contributed by atoms with Gasteiger partial charge in [-0.2, -0.15) is 0 Å². The molecule has 0 saturated carbocycles. The molecule has 0 radical (unpaired) electrons. The summed E-state index contributed by atoms with van der Waals surface area (Å²) in [6, 6.07) is 17.2. The summed E-state index contributed by atoms with van der Waals surface area (Å²) in [5.74, 6) is -0.753. The Balaban J connectivity index is 1.32. The molecule has 3 aromatic carbocycles. The van der Waals surface area contributed by atoms with Gasteiger partial charge in [0.1, 0.15) is 18.2 Å². The van der Waals surface area contributed by atoms with E-state index >= 15 is 0 Å². The van der Waals surface area contributed by atoms with Gasteiger partial charge in [0.25, 0.3) is 0 Å². The number of hydrazine groups is 1. The average molecular weight is 547 g/mol. The van der Waals surface area contributed by atoms with Gasteiger partial charge in [-0.1, -0.05) is 35.4 Å². The van der Waals surface area contributed by atoms with E-state index in [-0.39, 0.29) is 30.4 Å². The molecule has 0 spiro atoms. The first-order valence-electron chi connectivity index (χ1n) is 10.6. The summed E-state index contributed by atoms with van der Waals surface area (Å²) in [5, 5.41) is 0.295. The number of rotatable bonds is 7. The van der Waals surface area contributed by atoms with Crippen LogP contribution in [0.5, 0.6) is 5.75 Å². The Bertz CT molecular complexity index is 1200. The lowest BCUT2D eigenvalue weighted by Crippen LogP contribution is -2.36. The van der Waals surface area contributed by atoms with Gasteiger partial charge in [-0.15, -0.1) is 0 Å². The Labute approximate surface area is 210 Å². The van der Waals surface area contributed by atoms with E-state index in [0.29, 0.717) is 27.5 Å². The molecule has 0 aliphatic carbocycles. The van der Waals surface area contributed by atoms with E-state index in [1.54, 1.807) is 29.2 Å². The summed E-state index contributed by atoms with van der Waals surface area (Å²) in [7, 11) is 0. The minimum absolute atomic E-state index is 0.0270. The van der Waals surface area contributed by atoms with Crippen molar-refractivity contribution in [2.75, 3.05) is 16.9 Å². The lowest BCUT2D eigenvalue weighted by Gasteiger charge is -2.17. The first kappa shape index (κ1) is 24.0. The fourth-order valence-electron chi connectivity index (χ4n) is 3.61. The van der Waals surface area contributed by atoms with Crippen LogP contribution in [0.25, 0.3) is 0 Å². The van der Waals surface area contributed by atoms with Crippen LogP contribution in [0.4, 0.5) is 15.8 Å². The van der Waals surface area contributed by atoms with Crippen LogP contribution < -0.4 is 20.5 Å². The number of nitrogens with zero attached hydrogens (tertiary/aromatic N) is 1. The molecule has 1 aliphatic rings. The Morgan fingerprint density at radius 1 is 1.21 bits per heavy atom. The van der Waals surface area contributed by atoms with Crippen LogP contribution in [0.1, 0.15) is 17.5 Å². The van der Waals surface area contributed by atoms with Crippen LogP contribution in [0, 0.1) is 18.7 Å². The fraction of sp³-hybridized carbons (Fsp3) is 0.200. The molecular formula is C25H22BrClFN3O3. The van der Waals surface area contributed by atoms with Crippen LogP contribution in [0.15, 0.2) is 65.1 Å². The van der Waals surface area contributed by atoms with E-state index in [9.17, 15) is 14.0 Å². The van der Waals surface area contributed by atoms with Gasteiger partial charge in [0, 0.05) is 24.2 Å². The molecule has 176 valence electrons. The third-order valence-electron chi connectivity index (χ3n) is 5.54. The smallest absolute Gasteiger partial charge is 0.243 e. The number of amides is 2. The molecule has 9 heteroatoms. The normalized spacial score (nSPS) is 15.4. The average Bonchev–Trinajstić information content (AvgIpc) is 3.20. The lowest BCUT2D eigenvalue weighted by atomic mass is 10.1. The summed E-state index contributed by atoms with van der Waals surface area (Å²) >= 11 is 9.46. The first-order chi connectivity index (χ1) is 16.3. The Morgan fingerprint density at radius 3 is 2.68 bits per heavy atom. The third kappa shape index (κ3) is 5.51. The fourth-order valence-corrected chi connectivity index (χ4v) is 4.32. The molecule has 4 rings (SSSR count). The number of ether oxygens (including phenoxy) is 1. The molecule has 2 amide bonds. The van der Waals surface area contributed by atoms with Crippen molar-refractivity contribution in [3.8, 4) is 5.75 Å². The number of benzene rings is 3. The number of carbonyl (C=O) groups excluding carboxylic acids is 2. The molecule has 1 atom stereocenters. The van der Waals surface area contributed by atoms with Crippen molar-refractivity contribution in [3.63, 3.8) is 0 Å². The summed E-state index contributed by atoms with van der Waals surface area (Å²) in [5.41, 5.74) is 8.30. The molecule has 3 aromatic rings. The number of hydrogen-bond donors (Lipinski definition) is 2. The van der Waals surface area contributed by atoms with Crippen LogP contribution in [-0.2, 0) is 16.2 Å². The van der Waals surface area contributed by atoms with E-state index in [0.717, 1.165) is 11.3 Å². The van der Waals surface area contributed by atoms with Gasteiger partial charge in [-0.25, -0.2) is 4.39 Å². The molecule has 0 bridgehead atoms. The zero-order chi connectivity index (χ0) is 24.2. The van der Waals surface area contributed by atoms with Crippen LogP contribution >= 0.6 is 27.5 Å². The second-order valence-corrected chi connectivity index (χ2v) is 9.25. The van der Waals surface area contributed by atoms with Gasteiger partial charge >= 0.3 is 0 Å². The zero-order valence-corrected chi connectivity index (χ0v) is 20.6. The second kappa shape index (κ2) is 10.4. The number of anilines is 2. The van der Waals surface area contributed by atoms with E-state index in [4.69, 9.17) is 16.3 Å². The molecule has 6 nitrogen and oxygen atoms in total. The summed E-state index contributed by atoms with van der Waals surface area (Å²) in [6.45, 7) is 2.28. The molecular weight excluding hydrogens is 525 g/mol. The van der Waals surface area contributed by atoms with Crippen molar-refractivity contribution in [1.82, 2.24) is 5.43 Å². The van der Waals surface area contributed by atoms with Crippen LogP contribution in [0.2, 0.25) is 5.02 Å². The highest BCUT2D eigenvalue weighted by molar-refractivity contribution is 9.10. The van der Waals surface area contributed by atoms with Crippen molar-refractivity contribution in [1.29, 1.82) is 0 Å². The summed E-state index contributed by atoms with van der Waals surface area (Å²) < 4.78 is 20.2. The highest BCUT2D eigenvalue weighted by Crippen LogP contribution is 2.30. The van der Waals surface area contributed by atoms with Crippen molar-refractivity contribution >= 4 is 50.7 Å². The van der Waals surface area contributed by atoms with Crippen molar-refractivity contribution in [2.45, 2.75) is 20.0 Å². The van der Waals surface area contributed by atoms with Gasteiger partial charge in [0.05, 0.1) is 21.1 Å². The highest BCUT2D eigenvalue weighted by Gasteiger charge is 2.35. The monoisotopic (exact) mass is 545 g/mol. The standard InChI is InChI=1S/C25H22BrClFN3O3/c1-15-5-8-18(9-6-15)31-13-16(11-24(31)32)25(33)30-29-17-7-10-23(20(26)12-17)34-14-19-21(27)3-2-4-22(19)28/h2-10,12,16,29H,11,13-14H2,1H3,(H,30,33)/t16-/m0/s1. The van der Waals surface area contributed by atoms with Gasteiger partial charge in [0.15, 0.2) is 0 Å². The molecule has 34 heavy (non-hydrogen) atoms. The first-order valence-corrected chi connectivity index (χ1v) is 11.8. The molecule has 2 N–H and O–H groups in total. The van der Waals surface area contributed by atoms with E-state index in [1.165, 1.54) is 12.1 Å². The lowest BCUT2D eigenvalue weighted by molar-refractivity contribution is -0.125. The van der Waals surface area contributed by atoms with E-state index in [2.05, 4.69) is 26.8 Å². The van der Waals surface area contributed by atoms with Gasteiger partial charge < -0.3 is 9.64 Å². The Morgan fingerprint density at radius 2 is 1.97 bits per heavy atom. The van der Waals surface area contributed by atoms with Crippen LogP contribution in [0.3, 0.4) is 0 Å². The largest absolute Gasteiger partial charge is 0.488 e. The molecule has 1 fully saturated rings. The minimum Gasteiger partial charge on any atom is -0.488 e. The zero-order valence-electron chi connectivity index (χ0n) is 18.3. The van der Waals surface area contributed by atoms with Crippen molar-refractivity contribution in [2.24, 2.45) is 5.92 Å². The van der Waals surface area contributed by atoms with Crippen molar-refractivity contribution in [3.05, 3.63) is 87.1 Å². The molecule has 1 heterocycles. The summed E-state index contributed by atoms with van der Waals surface area (Å²) in [4.78, 5) is 26.7.